The summed E-state index contributed by atoms with van der Waals surface area (Å²) in [5.41, 5.74) is 0.937. The van der Waals surface area contributed by atoms with Crippen molar-refractivity contribution in [1.82, 2.24) is 0 Å². The highest BCUT2D eigenvalue weighted by atomic mass is 79.9. The third-order valence-corrected chi connectivity index (χ3v) is 7.81. The number of rotatable bonds is 9. The molecule has 0 spiro atoms. The van der Waals surface area contributed by atoms with E-state index < -0.39 is 20.2 Å². The Morgan fingerprint density at radius 3 is 2.36 bits per heavy atom. The van der Waals surface area contributed by atoms with E-state index >= 15 is 0 Å². The lowest BCUT2D eigenvalue weighted by Gasteiger charge is -2.00. The third kappa shape index (κ3) is 7.12. The van der Waals surface area contributed by atoms with E-state index in [2.05, 4.69) is 15.9 Å². The van der Waals surface area contributed by atoms with Gasteiger partial charge in [0.15, 0.2) is 6.54 Å². The van der Waals surface area contributed by atoms with Crippen LogP contribution in [0.25, 0.3) is 10.2 Å². The van der Waals surface area contributed by atoms with Crippen molar-refractivity contribution in [2.24, 2.45) is 0 Å². The molecule has 7 nitrogen and oxygen atoms in total. The maximum atomic E-state index is 10.9. The first-order valence-corrected chi connectivity index (χ1v) is 13.0. The summed E-state index contributed by atoms with van der Waals surface area (Å²) in [4.78, 5) is 0. The van der Waals surface area contributed by atoms with Crippen LogP contribution in [0.15, 0.2) is 27.0 Å². The molecule has 1 aromatic carbocycles. The predicted molar refractivity (Wildman–Crippen MR) is 103 cm³/mol. The fourth-order valence-corrected chi connectivity index (χ4v) is 6.16. The Kier molecular flexibility index (Phi) is 7.27. The second kappa shape index (κ2) is 8.63. The Morgan fingerprint density at radius 1 is 1.08 bits per heavy atom. The van der Waals surface area contributed by atoms with Crippen LogP contribution in [0.5, 0.6) is 0 Å². The molecular weight excluding hydrogens is 474 g/mol. The zero-order chi connectivity index (χ0) is 18.7. The number of hydrogen-bond acceptors (Lipinski definition) is 6. The van der Waals surface area contributed by atoms with Gasteiger partial charge >= 0.3 is 0 Å². The predicted octanol–water partition coefficient (Wildman–Crippen LogP) is 2.60. The number of fused-ring (bicyclic) bond motifs is 1. The quantitative estimate of drug-likeness (QED) is 0.240. The van der Waals surface area contributed by atoms with Gasteiger partial charge in [0.05, 0.1) is 11.5 Å². The summed E-state index contributed by atoms with van der Waals surface area (Å²) in [5.74, 6) is -0.108. The van der Waals surface area contributed by atoms with Crippen molar-refractivity contribution in [3.63, 3.8) is 0 Å². The van der Waals surface area contributed by atoms with E-state index in [0.717, 1.165) is 19.0 Å². The van der Waals surface area contributed by atoms with Crippen LogP contribution in [-0.2, 0) is 26.8 Å². The summed E-state index contributed by atoms with van der Waals surface area (Å²) >= 11 is 6.40. The molecule has 0 fully saturated rings. The topological polar surface area (TPSA) is 113 Å². The molecular formula is C13H17BrNO6S4+. The number of aromatic nitrogens is 1. The summed E-state index contributed by atoms with van der Waals surface area (Å²) in [7, 11) is -7.98. The van der Waals surface area contributed by atoms with Gasteiger partial charge in [0.25, 0.3) is 24.6 Å². The molecule has 0 unspecified atom stereocenters. The molecule has 0 amide bonds. The van der Waals surface area contributed by atoms with E-state index in [-0.39, 0.29) is 17.9 Å². The van der Waals surface area contributed by atoms with E-state index in [1.54, 1.807) is 0 Å². The molecule has 0 saturated heterocycles. The summed E-state index contributed by atoms with van der Waals surface area (Å²) in [6.45, 7) is 0.414. The van der Waals surface area contributed by atoms with Crippen molar-refractivity contribution in [1.29, 1.82) is 0 Å². The minimum absolute atomic E-state index is 0.264. The molecule has 2 N–H and O–H groups in total. The molecule has 0 atom stereocenters. The largest absolute Gasteiger partial charge is 0.298 e. The van der Waals surface area contributed by atoms with Crippen molar-refractivity contribution >= 4 is 69.5 Å². The van der Waals surface area contributed by atoms with Crippen LogP contribution in [0.4, 0.5) is 0 Å². The van der Waals surface area contributed by atoms with Gasteiger partial charge in [-0.3, -0.25) is 9.11 Å². The van der Waals surface area contributed by atoms with Crippen LogP contribution in [0.3, 0.4) is 0 Å². The average Bonchev–Trinajstić information content (AvgIpc) is 2.79. The molecule has 1 heterocycles. The Labute approximate surface area is 163 Å². The van der Waals surface area contributed by atoms with Crippen LogP contribution < -0.4 is 4.57 Å². The minimum Gasteiger partial charge on any atom is -0.286 e. The average molecular weight is 491 g/mol. The first-order valence-electron chi connectivity index (χ1n) is 7.20. The van der Waals surface area contributed by atoms with Crippen LogP contribution in [0, 0.1) is 0 Å². The summed E-state index contributed by atoms with van der Waals surface area (Å²) in [6, 6.07) is 5.79. The highest BCUT2D eigenvalue weighted by molar-refractivity contribution is 9.10. The van der Waals surface area contributed by atoms with E-state index in [1.807, 2.05) is 22.8 Å². The lowest BCUT2D eigenvalue weighted by atomic mass is 10.3. The van der Waals surface area contributed by atoms with Crippen LogP contribution in [-0.4, -0.2) is 43.2 Å². The lowest BCUT2D eigenvalue weighted by molar-refractivity contribution is -0.701. The first-order chi connectivity index (χ1) is 11.6. The molecule has 12 heteroatoms. The Hall–Kier alpha value is -0.240. The number of aryl methyl sites for hydroxylation is 1. The van der Waals surface area contributed by atoms with Gasteiger partial charge in [-0.05, 0) is 30.3 Å². The molecule has 0 aliphatic heterocycles. The molecule has 0 aliphatic carbocycles. The molecule has 0 aliphatic rings. The van der Waals surface area contributed by atoms with Crippen molar-refractivity contribution < 1.29 is 30.5 Å². The monoisotopic (exact) mass is 490 g/mol. The lowest BCUT2D eigenvalue weighted by Crippen LogP contribution is -2.35. The minimum atomic E-state index is -4.01. The summed E-state index contributed by atoms with van der Waals surface area (Å²) in [6.07, 6.45) is 0.576. The number of hydrogen-bond donors (Lipinski definition) is 2. The summed E-state index contributed by atoms with van der Waals surface area (Å²) < 4.78 is 65.9. The van der Waals surface area contributed by atoms with Gasteiger partial charge < -0.3 is 0 Å². The molecule has 2 rings (SSSR count). The number of halogens is 1. The molecule has 140 valence electrons. The fourth-order valence-electron chi connectivity index (χ4n) is 2.16. The SMILES string of the molecule is O=S(=O)(O)CCCSc1sc2ccc(Br)cc2[n+]1CCCS(=O)(=O)O. The second-order valence-electron chi connectivity index (χ2n) is 5.26. The van der Waals surface area contributed by atoms with E-state index in [4.69, 9.17) is 9.11 Å². The maximum Gasteiger partial charge on any atom is 0.298 e. The fraction of sp³-hybridized carbons (Fsp3) is 0.462. The van der Waals surface area contributed by atoms with Crippen LogP contribution in [0.1, 0.15) is 12.8 Å². The zero-order valence-corrected chi connectivity index (χ0v) is 17.8. The standard InChI is InChI=1S/C13H16BrNO6S4/c14-10-3-4-12-11(9-10)15(5-1-7-24(16,17)18)13(23-12)22-6-2-8-25(19,20)21/h3-4,9H,1-2,5-8H2,(H-,16,17,18,19,20,21)/p+1. The number of benzene rings is 1. The van der Waals surface area contributed by atoms with Gasteiger partial charge in [-0.15, -0.1) is 0 Å². The first kappa shape index (κ1) is 21.1. The molecule has 1 aromatic heterocycles. The van der Waals surface area contributed by atoms with Crippen molar-refractivity contribution in [3.05, 3.63) is 22.7 Å². The van der Waals surface area contributed by atoms with E-state index in [9.17, 15) is 16.8 Å². The third-order valence-electron chi connectivity index (χ3n) is 3.19. The molecule has 0 saturated carbocycles. The van der Waals surface area contributed by atoms with Gasteiger partial charge in [-0.25, -0.2) is 0 Å². The number of thiazole rings is 1. The summed E-state index contributed by atoms with van der Waals surface area (Å²) in [5, 5.41) is 0. The van der Waals surface area contributed by atoms with E-state index in [0.29, 0.717) is 18.7 Å². The van der Waals surface area contributed by atoms with Crippen molar-refractivity contribution in [3.8, 4) is 0 Å². The van der Waals surface area contributed by atoms with Gasteiger partial charge in [0.2, 0.25) is 5.52 Å². The highest BCUT2D eigenvalue weighted by Gasteiger charge is 2.22. The maximum absolute atomic E-state index is 10.9. The Morgan fingerprint density at radius 2 is 1.72 bits per heavy atom. The second-order valence-corrected chi connectivity index (χ2v) is 11.7. The normalized spacial score (nSPS) is 12.8. The molecule has 0 bridgehead atoms. The van der Waals surface area contributed by atoms with Crippen molar-refractivity contribution in [2.45, 2.75) is 23.7 Å². The molecule has 0 radical (unpaired) electrons. The van der Waals surface area contributed by atoms with E-state index in [1.165, 1.54) is 23.1 Å². The Bertz CT molecular complexity index is 954. The Balaban J connectivity index is 2.17. The molecule has 25 heavy (non-hydrogen) atoms. The number of thioether (sulfide) groups is 1. The van der Waals surface area contributed by atoms with Crippen molar-refractivity contribution in [2.75, 3.05) is 17.3 Å². The van der Waals surface area contributed by atoms with Gasteiger partial charge in [-0.1, -0.05) is 27.3 Å². The highest BCUT2D eigenvalue weighted by Crippen LogP contribution is 2.30. The smallest absolute Gasteiger partial charge is 0.286 e. The van der Waals surface area contributed by atoms with Gasteiger partial charge in [0.1, 0.15) is 4.70 Å². The molecule has 2 aromatic rings. The number of nitrogens with zero attached hydrogens (tertiary/aromatic N) is 1. The van der Waals surface area contributed by atoms with Gasteiger partial charge in [0, 0.05) is 22.7 Å². The van der Waals surface area contributed by atoms with Crippen LogP contribution >= 0.6 is 39.0 Å². The van der Waals surface area contributed by atoms with Gasteiger partial charge in [-0.2, -0.15) is 21.4 Å². The zero-order valence-electron chi connectivity index (χ0n) is 13.0. The van der Waals surface area contributed by atoms with Crippen LogP contribution in [0.2, 0.25) is 0 Å².